The van der Waals surface area contributed by atoms with Gasteiger partial charge < -0.3 is 0 Å². The number of allylic oxidation sites excluding steroid dienone is 3. The normalized spacial score (nSPS) is 36.4. The maximum Gasteiger partial charge on any atom is 0.196 e. The zero-order valence-corrected chi connectivity index (χ0v) is 14.6. The fourth-order valence-electron chi connectivity index (χ4n) is 4.05. The second kappa shape index (κ2) is 6.02. The third-order valence-electron chi connectivity index (χ3n) is 5.14. The third kappa shape index (κ3) is 3.26. The van der Waals surface area contributed by atoms with E-state index in [0.29, 0.717) is 5.92 Å². The fraction of sp³-hybridized carbons (Fsp3) is 0.688. The Bertz CT molecular complexity index is 460. The predicted octanol–water partition coefficient (Wildman–Crippen LogP) is 6.10. The standard InChI is InChI=1S/C16H22Cl3N/c1-15(2)12-5-4-11(7-9-20-14(18)19)10-16(12,3)8-6-13(15)17/h7,9-10,12-13H,4-6,8H2,1-3H3. The van der Waals surface area contributed by atoms with E-state index in [1.165, 1.54) is 12.0 Å². The zero-order chi connectivity index (χ0) is 15.0. The molecular weight excluding hydrogens is 313 g/mol. The van der Waals surface area contributed by atoms with Gasteiger partial charge in [-0.3, -0.25) is 0 Å². The molecule has 0 spiro atoms. The van der Waals surface area contributed by atoms with E-state index < -0.39 is 0 Å². The van der Waals surface area contributed by atoms with Crippen molar-refractivity contribution >= 4 is 39.4 Å². The number of halogens is 3. The highest BCUT2D eigenvalue weighted by Gasteiger charge is 2.50. The Hall–Kier alpha value is 0.0200. The lowest BCUT2D eigenvalue weighted by Gasteiger charge is -2.54. The summed E-state index contributed by atoms with van der Waals surface area (Å²) in [5.41, 5.74) is 1.75. The summed E-state index contributed by atoms with van der Waals surface area (Å²) in [5, 5.41) is 0.283. The zero-order valence-electron chi connectivity index (χ0n) is 12.3. The van der Waals surface area contributed by atoms with Gasteiger partial charge in [0.2, 0.25) is 0 Å². The SMILES string of the molecule is CC12C=C(C=CN=C(Cl)Cl)CCC1C(C)(C)C(Cl)CC2. The van der Waals surface area contributed by atoms with Crippen LogP contribution in [0.2, 0.25) is 0 Å². The van der Waals surface area contributed by atoms with Crippen LogP contribution in [0.4, 0.5) is 0 Å². The first-order valence-corrected chi connectivity index (χ1v) is 8.36. The van der Waals surface area contributed by atoms with Crippen LogP contribution < -0.4 is 0 Å². The van der Waals surface area contributed by atoms with E-state index in [1.807, 2.05) is 6.08 Å². The Morgan fingerprint density at radius 2 is 2.00 bits per heavy atom. The molecule has 20 heavy (non-hydrogen) atoms. The van der Waals surface area contributed by atoms with Crippen LogP contribution in [0.3, 0.4) is 0 Å². The summed E-state index contributed by atoms with van der Waals surface area (Å²) in [6.07, 6.45) is 10.6. The molecule has 3 unspecified atom stereocenters. The summed E-state index contributed by atoms with van der Waals surface area (Å²) in [6, 6.07) is 0. The Morgan fingerprint density at radius 1 is 1.30 bits per heavy atom. The summed E-state index contributed by atoms with van der Waals surface area (Å²) < 4.78 is 0.0468. The first-order valence-electron chi connectivity index (χ1n) is 7.17. The second-order valence-corrected chi connectivity index (χ2v) is 8.27. The van der Waals surface area contributed by atoms with Crippen molar-refractivity contribution in [3.8, 4) is 0 Å². The highest BCUT2D eigenvalue weighted by Crippen LogP contribution is 2.57. The van der Waals surface area contributed by atoms with Crippen LogP contribution in [-0.2, 0) is 0 Å². The third-order valence-corrected chi connectivity index (χ3v) is 6.11. The van der Waals surface area contributed by atoms with Crippen LogP contribution in [-0.4, -0.2) is 10.0 Å². The van der Waals surface area contributed by atoms with Gasteiger partial charge in [0.15, 0.2) is 4.63 Å². The topological polar surface area (TPSA) is 12.4 Å². The molecule has 1 nitrogen and oxygen atoms in total. The molecule has 0 aliphatic heterocycles. The molecule has 0 N–H and O–H groups in total. The summed E-state index contributed by atoms with van der Waals surface area (Å²) in [5.74, 6) is 0.642. The Balaban J connectivity index is 2.22. The average molecular weight is 335 g/mol. The van der Waals surface area contributed by atoms with Crippen LogP contribution in [0.5, 0.6) is 0 Å². The lowest BCUT2D eigenvalue weighted by atomic mass is 9.53. The molecule has 2 aliphatic rings. The lowest BCUT2D eigenvalue weighted by Crippen LogP contribution is -2.48. The monoisotopic (exact) mass is 333 g/mol. The van der Waals surface area contributed by atoms with Gasteiger partial charge >= 0.3 is 0 Å². The number of fused-ring (bicyclic) bond motifs is 1. The van der Waals surface area contributed by atoms with Crippen LogP contribution in [0.25, 0.3) is 0 Å². The summed E-state index contributed by atoms with van der Waals surface area (Å²) in [6.45, 7) is 7.00. The number of nitrogens with zero attached hydrogens (tertiary/aromatic N) is 1. The molecule has 2 aliphatic carbocycles. The quantitative estimate of drug-likeness (QED) is 0.427. The van der Waals surface area contributed by atoms with E-state index >= 15 is 0 Å². The number of rotatable bonds is 2. The molecular formula is C16H22Cl3N. The van der Waals surface area contributed by atoms with E-state index in [1.54, 1.807) is 6.20 Å². The van der Waals surface area contributed by atoms with E-state index in [4.69, 9.17) is 34.8 Å². The Morgan fingerprint density at radius 3 is 2.65 bits per heavy atom. The van der Waals surface area contributed by atoms with Crippen molar-refractivity contribution in [1.82, 2.24) is 0 Å². The molecule has 0 bridgehead atoms. The number of hydrogen-bond donors (Lipinski definition) is 0. The highest BCUT2D eigenvalue weighted by atomic mass is 35.5. The van der Waals surface area contributed by atoms with Gasteiger partial charge in [-0.15, -0.1) is 11.6 Å². The molecule has 0 radical (unpaired) electrons. The highest BCUT2D eigenvalue weighted by molar-refractivity contribution is 6.95. The second-order valence-electron chi connectivity index (χ2n) is 6.83. The first kappa shape index (κ1) is 16.4. The van der Waals surface area contributed by atoms with Crippen LogP contribution in [0.1, 0.15) is 46.5 Å². The molecule has 112 valence electrons. The van der Waals surface area contributed by atoms with Crippen LogP contribution in [0, 0.1) is 16.7 Å². The molecule has 4 heteroatoms. The largest absolute Gasteiger partial charge is 0.233 e. The molecule has 0 saturated heterocycles. The minimum atomic E-state index is 0.0468. The Kier molecular flexibility index (Phi) is 4.94. The molecule has 0 aromatic carbocycles. The number of aliphatic imine (C=N–C) groups is 1. The maximum atomic E-state index is 6.56. The molecule has 3 atom stereocenters. The first-order chi connectivity index (χ1) is 9.25. The average Bonchev–Trinajstić information content (AvgIpc) is 2.34. The van der Waals surface area contributed by atoms with E-state index in [9.17, 15) is 0 Å². The van der Waals surface area contributed by atoms with Crippen molar-refractivity contribution in [2.24, 2.45) is 21.7 Å². The minimum absolute atomic E-state index is 0.0468. The van der Waals surface area contributed by atoms with E-state index in [0.717, 1.165) is 19.3 Å². The summed E-state index contributed by atoms with van der Waals surface area (Å²) in [4.78, 5) is 3.89. The molecule has 0 aromatic heterocycles. The van der Waals surface area contributed by atoms with Crippen LogP contribution >= 0.6 is 34.8 Å². The van der Waals surface area contributed by atoms with Gasteiger partial charge in [-0.1, -0.05) is 26.8 Å². The summed E-state index contributed by atoms with van der Waals surface area (Å²) in [7, 11) is 0. The maximum absolute atomic E-state index is 6.56. The minimum Gasteiger partial charge on any atom is -0.233 e. The molecule has 0 aromatic rings. The van der Waals surface area contributed by atoms with Gasteiger partial charge in [0.05, 0.1) is 0 Å². The predicted molar refractivity (Wildman–Crippen MR) is 89.9 cm³/mol. The fourth-order valence-corrected chi connectivity index (χ4v) is 4.43. The van der Waals surface area contributed by atoms with E-state index in [2.05, 4.69) is 31.8 Å². The van der Waals surface area contributed by atoms with Crippen molar-refractivity contribution in [3.05, 3.63) is 23.9 Å². The van der Waals surface area contributed by atoms with Crippen molar-refractivity contribution in [3.63, 3.8) is 0 Å². The molecule has 1 fully saturated rings. The molecule has 0 heterocycles. The van der Waals surface area contributed by atoms with E-state index in [-0.39, 0.29) is 20.8 Å². The van der Waals surface area contributed by atoms with Gasteiger partial charge in [0.25, 0.3) is 0 Å². The number of hydrogen-bond acceptors (Lipinski definition) is 1. The van der Waals surface area contributed by atoms with Crippen molar-refractivity contribution < 1.29 is 0 Å². The van der Waals surface area contributed by atoms with Gasteiger partial charge in [0, 0.05) is 11.6 Å². The smallest absolute Gasteiger partial charge is 0.196 e. The van der Waals surface area contributed by atoms with Gasteiger partial charge in [-0.25, -0.2) is 4.99 Å². The van der Waals surface area contributed by atoms with Crippen LogP contribution in [0.15, 0.2) is 28.9 Å². The van der Waals surface area contributed by atoms with Gasteiger partial charge in [-0.2, -0.15) is 0 Å². The van der Waals surface area contributed by atoms with Gasteiger partial charge in [-0.05, 0) is 77.3 Å². The summed E-state index contributed by atoms with van der Waals surface area (Å²) >= 11 is 17.6. The van der Waals surface area contributed by atoms with Crippen molar-refractivity contribution in [2.75, 3.05) is 0 Å². The van der Waals surface area contributed by atoms with Crippen molar-refractivity contribution in [2.45, 2.75) is 51.8 Å². The molecule has 2 rings (SSSR count). The Labute approximate surface area is 137 Å². The number of alkyl halides is 1. The molecule has 1 saturated carbocycles. The van der Waals surface area contributed by atoms with Gasteiger partial charge in [0.1, 0.15) is 0 Å². The lowest BCUT2D eigenvalue weighted by molar-refractivity contribution is 0.0262. The molecule has 0 amide bonds. The van der Waals surface area contributed by atoms with Crippen molar-refractivity contribution in [1.29, 1.82) is 0 Å².